The van der Waals surface area contributed by atoms with E-state index < -0.39 is 0 Å². The predicted octanol–water partition coefficient (Wildman–Crippen LogP) is 5.64. The number of carbonyl (C=O) groups is 1. The number of nitrogens with one attached hydrogen (secondary N) is 1. The van der Waals surface area contributed by atoms with Gasteiger partial charge in [0, 0.05) is 18.3 Å². The fourth-order valence-corrected chi connectivity index (χ4v) is 4.88. The number of para-hydroxylation sites is 1. The molecule has 1 atom stereocenters. The Bertz CT molecular complexity index is 1360. The van der Waals surface area contributed by atoms with Crippen molar-refractivity contribution in [1.29, 1.82) is 0 Å². The number of benzene rings is 2. The van der Waals surface area contributed by atoms with Crippen LogP contribution in [0.1, 0.15) is 48.8 Å². The molecule has 2 amide bonds. The van der Waals surface area contributed by atoms with Gasteiger partial charge in [0.1, 0.15) is 11.6 Å². The molecular formula is C29H33N5O2. The summed E-state index contributed by atoms with van der Waals surface area (Å²) in [5, 5.41) is 8.08. The van der Waals surface area contributed by atoms with Crippen molar-refractivity contribution in [2.45, 2.75) is 39.8 Å². The summed E-state index contributed by atoms with van der Waals surface area (Å²) in [6.45, 7) is 7.41. The first-order valence-corrected chi connectivity index (χ1v) is 12.5. The number of hydrogen-bond acceptors (Lipinski definition) is 3. The minimum atomic E-state index is -0.301. The molecular weight excluding hydrogens is 450 g/mol. The maximum Gasteiger partial charge on any atom is 0.318 e. The van der Waals surface area contributed by atoms with Gasteiger partial charge in [0.2, 0.25) is 0 Å². The molecule has 0 fully saturated rings. The zero-order chi connectivity index (χ0) is 25.2. The molecule has 0 saturated heterocycles. The van der Waals surface area contributed by atoms with E-state index in [1.165, 1.54) is 0 Å². The van der Waals surface area contributed by atoms with Crippen molar-refractivity contribution in [2.24, 2.45) is 5.92 Å². The van der Waals surface area contributed by atoms with Crippen molar-refractivity contribution >= 4 is 6.03 Å². The van der Waals surface area contributed by atoms with E-state index in [0.29, 0.717) is 19.0 Å². The summed E-state index contributed by atoms with van der Waals surface area (Å²) in [4.78, 5) is 15.7. The number of methoxy groups -OCH3 is 1. The molecule has 7 nitrogen and oxygen atoms in total. The lowest BCUT2D eigenvalue weighted by atomic mass is 10.0. The molecule has 1 aliphatic rings. The lowest BCUT2D eigenvalue weighted by Gasteiger charge is -2.31. The van der Waals surface area contributed by atoms with Gasteiger partial charge in [-0.05, 0) is 61.2 Å². The summed E-state index contributed by atoms with van der Waals surface area (Å²) in [5.41, 5.74) is 4.91. The third-order valence-corrected chi connectivity index (χ3v) is 6.76. The van der Waals surface area contributed by atoms with E-state index >= 15 is 0 Å². The Hall–Kier alpha value is -4.00. The van der Waals surface area contributed by atoms with Crippen molar-refractivity contribution in [3.63, 3.8) is 0 Å². The number of fused-ring (bicyclic) bond motifs is 3. The second-order valence-corrected chi connectivity index (χ2v) is 9.66. The van der Waals surface area contributed by atoms with E-state index in [2.05, 4.69) is 54.2 Å². The first-order chi connectivity index (χ1) is 17.5. The zero-order valence-corrected chi connectivity index (χ0v) is 21.3. The van der Waals surface area contributed by atoms with Gasteiger partial charge in [0.15, 0.2) is 0 Å². The van der Waals surface area contributed by atoms with E-state index in [4.69, 9.17) is 9.84 Å². The maximum atomic E-state index is 13.7. The Morgan fingerprint density at radius 3 is 2.67 bits per heavy atom. The topological polar surface area (TPSA) is 64.3 Å². The van der Waals surface area contributed by atoms with Gasteiger partial charge in [-0.25, -0.2) is 9.48 Å². The van der Waals surface area contributed by atoms with Gasteiger partial charge < -0.3 is 19.5 Å². The van der Waals surface area contributed by atoms with Gasteiger partial charge in [-0.1, -0.05) is 44.2 Å². The highest BCUT2D eigenvalue weighted by molar-refractivity contribution is 5.76. The number of carbonyl (C=O) groups excluding carboxylic acids is 1. The van der Waals surface area contributed by atoms with Crippen LogP contribution in [0.25, 0.3) is 11.5 Å². The summed E-state index contributed by atoms with van der Waals surface area (Å²) in [6, 6.07) is 21.8. The van der Waals surface area contributed by atoms with Crippen molar-refractivity contribution < 1.29 is 9.53 Å². The van der Waals surface area contributed by atoms with Gasteiger partial charge in [0.25, 0.3) is 0 Å². The van der Waals surface area contributed by atoms with Gasteiger partial charge in [0.05, 0.1) is 36.8 Å². The summed E-state index contributed by atoms with van der Waals surface area (Å²) in [5.74, 6) is 2.24. The minimum absolute atomic E-state index is 0.0871. The maximum absolute atomic E-state index is 13.7. The average molecular weight is 484 g/mol. The minimum Gasteiger partial charge on any atom is -0.497 e. The molecule has 36 heavy (non-hydrogen) atoms. The van der Waals surface area contributed by atoms with Crippen LogP contribution in [0.4, 0.5) is 4.79 Å². The number of aromatic nitrogens is 3. The number of amides is 2. The second kappa shape index (κ2) is 9.93. The van der Waals surface area contributed by atoms with Gasteiger partial charge in [-0.15, -0.1) is 0 Å². The molecule has 1 aliphatic heterocycles. The van der Waals surface area contributed by atoms with Crippen LogP contribution >= 0.6 is 0 Å². The number of hydrogen-bond donors (Lipinski definition) is 1. The van der Waals surface area contributed by atoms with Crippen molar-refractivity contribution in [1.82, 2.24) is 24.6 Å². The predicted molar refractivity (Wildman–Crippen MR) is 141 cm³/mol. The molecule has 0 aliphatic carbocycles. The number of ether oxygens (including phenoxy) is 1. The fourth-order valence-electron chi connectivity index (χ4n) is 4.88. The van der Waals surface area contributed by atoms with E-state index in [1.54, 1.807) is 7.11 Å². The smallest absolute Gasteiger partial charge is 0.318 e. The largest absolute Gasteiger partial charge is 0.497 e. The molecule has 4 aromatic rings. The average Bonchev–Trinajstić information content (AvgIpc) is 3.44. The molecule has 0 bridgehead atoms. The van der Waals surface area contributed by atoms with Gasteiger partial charge in [-0.2, -0.15) is 5.10 Å². The van der Waals surface area contributed by atoms with Crippen molar-refractivity contribution in [3.05, 3.63) is 95.4 Å². The monoisotopic (exact) mass is 483 g/mol. The molecule has 2 aromatic carbocycles. The molecule has 0 saturated carbocycles. The Balaban J connectivity index is 1.67. The normalized spacial score (nSPS) is 14.8. The molecule has 186 valence electrons. The third kappa shape index (κ3) is 4.37. The molecule has 7 heteroatoms. The first kappa shape index (κ1) is 23.7. The molecule has 1 N–H and O–H groups in total. The standard InChI is InChI=1S/C29H33N5O2/c1-20(2)15-16-30-29(35)33-19-25-21(3)31-34(23-11-6-5-7-12-23)28(25)32-17-9-14-26(32)27(33)22-10-8-13-24(18-22)36-4/h5-14,17-18,20,27H,15-16,19H2,1-4H3,(H,30,35)/t27-/m1/s1. The second-order valence-electron chi connectivity index (χ2n) is 9.66. The number of aryl methyl sites for hydroxylation is 1. The Morgan fingerprint density at radius 2 is 1.92 bits per heavy atom. The zero-order valence-electron chi connectivity index (χ0n) is 21.3. The summed E-state index contributed by atoms with van der Waals surface area (Å²) in [7, 11) is 1.67. The van der Waals surface area contributed by atoms with Crippen LogP contribution in [0.15, 0.2) is 72.9 Å². The Kier molecular flexibility index (Phi) is 6.55. The summed E-state index contributed by atoms with van der Waals surface area (Å²) in [6.07, 6.45) is 2.98. The van der Waals surface area contributed by atoms with E-state index in [-0.39, 0.29) is 12.1 Å². The summed E-state index contributed by atoms with van der Waals surface area (Å²) >= 11 is 0. The van der Waals surface area contributed by atoms with E-state index in [0.717, 1.165) is 46.2 Å². The lowest BCUT2D eigenvalue weighted by molar-refractivity contribution is 0.180. The SMILES string of the molecule is COc1cccc([C@@H]2c3cccn3-c3c(c(C)nn3-c3ccccc3)CN2C(=O)NCCC(C)C)c1. The van der Waals surface area contributed by atoms with E-state index in [9.17, 15) is 4.79 Å². The lowest BCUT2D eigenvalue weighted by Crippen LogP contribution is -2.42. The molecule has 0 spiro atoms. The molecule has 0 radical (unpaired) electrons. The highest BCUT2D eigenvalue weighted by Gasteiger charge is 2.36. The number of nitrogens with zero attached hydrogens (tertiary/aromatic N) is 4. The van der Waals surface area contributed by atoms with Crippen LogP contribution in [0, 0.1) is 12.8 Å². The Labute approximate surface area is 212 Å². The van der Waals surface area contributed by atoms with Gasteiger partial charge >= 0.3 is 6.03 Å². The quantitative estimate of drug-likeness (QED) is 0.386. The van der Waals surface area contributed by atoms with Crippen LogP contribution in [-0.2, 0) is 6.54 Å². The number of urea groups is 1. The van der Waals surface area contributed by atoms with Crippen LogP contribution < -0.4 is 10.1 Å². The molecule has 0 unspecified atom stereocenters. The summed E-state index contributed by atoms with van der Waals surface area (Å²) < 4.78 is 9.69. The van der Waals surface area contributed by atoms with Crippen LogP contribution in [0.5, 0.6) is 5.75 Å². The van der Waals surface area contributed by atoms with E-state index in [1.807, 2.05) is 59.0 Å². The highest BCUT2D eigenvalue weighted by atomic mass is 16.5. The third-order valence-electron chi connectivity index (χ3n) is 6.76. The van der Waals surface area contributed by atoms with Crippen molar-refractivity contribution in [3.8, 4) is 17.3 Å². The van der Waals surface area contributed by atoms with Gasteiger partial charge in [-0.3, -0.25) is 0 Å². The fraction of sp³-hybridized carbons (Fsp3) is 0.310. The molecule has 3 heterocycles. The van der Waals surface area contributed by atoms with Crippen LogP contribution in [0.2, 0.25) is 0 Å². The van der Waals surface area contributed by atoms with Crippen molar-refractivity contribution in [2.75, 3.05) is 13.7 Å². The van der Waals surface area contributed by atoms with Crippen LogP contribution in [0.3, 0.4) is 0 Å². The highest BCUT2D eigenvalue weighted by Crippen LogP contribution is 2.39. The number of rotatable bonds is 6. The Morgan fingerprint density at radius 1 is 1.11 bits per heavy atom. The first-order valence-electron chi connectivity index (χ1n) is 12.5. The van der Waals surface area contributed by atoms with Crippen LogP contribution in [-0.4, -0.2) is 38.9 Å². The molecule has 5 rings (SSSR count). The molecule has 2 aromatic heterocycles.